The van der Waals surface area contributed by atoms with Crippen LogP contribution in [-0.2, 0) is 49.7 Å². The molecule has 5 aromatic rings. The number of fused-ring (bicyclic) bond motifs is 2. The van der Waals surface area contributed by atoms with Gasteiger partial charge in [0.1, 0.15) is 16.7 Å². The van der Waals surface area contributed by atoms with Gasteiger partial charge in [-0.25, -0.2) is 9.97 Å². The summed E-state index contributed by atoms with van der Waals surface area (Å²) in [5.41, 5.74) is 5.14. The Labute approximate surface area is 357 Å². The van der Waals surface area contributed by atoms with Crippen LogP contribution in [0.5, 0.6) is 0 Å². The molecule has 4 aromatic heterocycles. The number of carbonyl (C=O) groups excluding carboxylic acids is 3. The monoisotopic (exact) mass is 855 g/mol. The first-order valence-corrected chi connectivity index (χ1v) is 22.1. The predicted molar refractivity (Wildman–Crippen MR) is 231 cm³/mol. The van der Waals surface area contributed by atoms with Crippen molar-refractivity contribution in [3.8, 4) is 0 Å². The van der Waals surface area contributed by atoms with Crippen molar-refractivity contribution >= 4 is 52.3 Å². The molecule has 0 aliphatic carbocycles. The molecule has 5 rings (SSSR count). The number of halogens is 2. The summed E-state index contributed by atoms with van der Waals surface area (Å²) in [6.07, 6.45) is 19.3. The molecule has 1 aromatic carbocycles. The number of H-pyrrole nitrogens is 2. The van der Waals surface area contributed by atoms with Gasteiger partial charge in [0, 0.05) is 26.3 Å². The fraction of sp³-hybridized carbons (Fsp3) is 0.605. The summed E-state index contributed by atoms with van der Waals surface area (Å²) in [6, 6.07) is 8.36. The van der Waals surface area contributed by atoms with Gasteiger partial charge in [-0.1, -0.05) is 125 Å². The number of esters is 2. The number of nitrogens with zero attached hydrogens (tertiary/aromatic N) is 6. The number of hydrogen-bond acceptors (Lipinski definition) is 9. The van der Waals surface area contributed by atoms with Gasteiger partial charge in [-0.2, -0.15) is 9.26 Å². The van der Waals surface area contributed by atoms with Crippen molar-refractivity contribution in [3.05, 3.63) is 68.5 Å². The van der Waals surface area contributed by atoms with E-state index in [-0.39, 0.29) is 30.7 Å². The number of ether oxygens (including phenoxy) is 2. The van der Waals surface area contributed by atoms with Crippen molar-refractivity contribution < 1.29 is 23.9 Å². The lowest BCUT2D eigenvalue weighted by molar-refractivity contribution is -0.145. The molecule has 0 spiro atoms. The molecule has 0 saturated heterocycles. The number of carbonyl (C=O) groups is 3. The first kappa shape index (κ1) is 47.3. The smallest absolute Gasteiger partial charge is 0.306 e. The molecule has 0 saturated carbocycles. The number of aromatic nitrogens is 8. The van der Waals surface area contributed by atoms with Crippen molar-refractivity contribution in [1.82, 2.24) is 44.9 Å². The van der Waals surface area contributed by atoms with Gasteiger partial charge in [0.05, 0.1) is 30.8 Å². The number of unbranched alkanes of at least 4 members (excludes halogenated alkanes) is 12. The Morgan fingerprint density at radius 3 is 1.64 bits per heavy atom. The van der Waals surface area contributed by atoms with E-state index >= 15 is 0 Å². The van der Waals surface area contributed by atoms with Crippen LogP contribution >= 0.6 is 23.2 Å². The van der Waals surface area contributed by atoms with E-state index in [2.05, 4.69) is 54.7 Å². The second-order valence-electron chi connectivity index (χ2n) is 15.2. The van der Waals surface area contributed by atoms with E-state index in [0.29, 0.717) is 59.0 Å². The normalized spacial score (nSPS) is 11.2. The SMILES string of the molecule is CC(=O)NCCCCCCCCCCOC(=O)CCc1nc2c(Cl)c(C)[nH]n2n1.CCCCCCCCc1ccc(COC(=O)CCc2nc3c(Cl)c(C)[nH]n3n2)cc1. The number of amides is 1. The highest BCUT2D eigenvalue weighted by molar-refractivity contribution is 6.34. The number of nitrogens with one attached hydrogen (secondary N) is 3. The minimum atomic E-state index is -0.258. The fourth-order valence-corrected chi connectivity index (χ4v) is 6.83. The summed E-state index contributed by atoms with van der Waals surface area (Å²) in [4.78, 5) is 43.3. The Morgan fingerprint density at radius 2 is 1.12 bits per heavy atom. The Bertz CT molecular complexity index is 2020. The van der Waals surface area contributed by atoms with Gasteiger partial charge in [-0.3, -0.25) is 24.6 Å². The maximum absolute atomic E-state index is 12.1. The number of hydrogen-bond donors (Lipinski definition) is 3. The summed E-state index contributed by atoms with van der Waals surface area (Å²) >= 11 is 12.3. The third-order valence-electron chi connectivity index (χ3n) is 9.96. The number of benzene rings is 1. The zero-order valence-electron chi connectivity index (χ0n) is 35.3. The molecule has 0 atom stereocenters. The summed E-state index contributed by atoms with van der Waals surface area (Å²) in [6.45, 7) is 9.04. The minimum absolute atomic E-state index is 0.0435. The molecule has 0 aliphatic rings. The van der Waals surface area contributed by atoms with Crippen LogP contribution in [-0.4, -0.2) is 70.6 Å². The van der Waals surface area contributed by atoms with E-state index in [4.69, 9.17) is 32.7 Å². The predicted octanol–water partition coefficient (Wildman–Crippen LogP) is 9.35. The van der Waals surface area contributed by atoms with Crippen molar-refractivity contribution in [2.45, 2.75) is 156 Å². The summed E-state index contributed by atoms with van der Waals surface area (Å²) < 4.78 is 13.7. The highest BCUT2D eigenvalue weighted by atomic mass is 35.5. The van der Waals surface area contributed by atoms with Crippen LogP contribution in [0.15, 0.2) is 24.3 Å². The molecule has 0 bridgehead atoms. The topological polar surface area (TPSA) is 174 Å². The molecule has 4 heterocycles. The number of aryl methyl sites for hydroxylation is 5. The summed E-state index contributed by atoms with van der Waals surface area (Å²) in [7, 11) is 0. The third kappa shape index (κ3) is 17.0. The molecule has 0 aliphatic heterocycles. The van der Waals surface area contributed by atoms with Crippen LogP contribution < -0.4 is 5.32 Å². The number of rotatable bonds is 26. The van der Waals surface area contributed by atoms with Gasteiger partial charge in [0.2, 0.25) is 5.91 Å². The molecule has 3 N–H and O–H groups in total. The molecular weight excluding hydrogens is 793 g/mol. The average Bonchev–Trinajstić information content (AvgIpc) is 3.95. The van der Waals surface area contributed by atoms with E-state index < -0.39 is 0 Å². The Kier molecular flexibility index (Phi) is 20.8. The molecular formula is C43H63Cl2N9O5. The lowest BCUT2D eigenvalue weighted by Crippen LogP contribution is -2.20. The van der Waals surface area contributed by atoms with Crippen molar-refractivity contribution in [3.63, 3.8) is 0 Å². The molecule has 59 heavy (non-hydrogen) atoms. The highest BCUT2D eigenvalue weighted by Gasteiger charge is 2.15. The molecule has 1 amide bonds. The van der Waals surface area contributed by atoms with Gasteiger partial charge in [-0.15, -0.1) is 10.2 Å². The van der Waals surface area contributed by atoms with Crippen molar-refractivity contribution in [2.75, 3.05) is 13.2 Å². The minimum Gasteiger partial charge on any atom is -0.466 e. The van der Waals surface area contributed by atoms with Crippen LogP contribution in [0.1, 0.15) is 151 Å². The lowest BCUT2D eigenvalue weighted by atomic mass is 10.0. The van der Waals surface area contributed by atoms with Crippen LogP contribution in [0.25, 0.3) is 11.3 Å². The maximum Gasteiger partial charge on any atom is 0.306 e. The molecule has 0 radical (unpaired) electrons. The van der Waals surface area contributed by atoms with Gasteiger partial charge >= 0.3 is 11.9 Å². The Morgan fingerprint density at radius 1 is 0.644 bits per heavy atom. The quantitative estimate of drug-likeness (QED) is 0.0362. The van der Waals surface area contributed by atoms with Gasteiger partial charge in [0.25, 0.3) is 0 Å². The lowest BCUT2D eigenvalue weighted by Gasteiger charge is -2.06. The van der Waals surface area contributed by atoms with Gasteiger partial charge in [0.15, 0.2) is 22.9 Å². The first-order valence-electron chi connectivity index (χ1n) is 21.4. The summed E-state index contributed by atoms with van der Waals surface area (Å²) in [5, 5.41) is 18.5. The summed E-state index contributed by atoms with van der Waals surface area (Å²) in [5.74, 6) is 0.713. The van der Waals surface area contributed by atoms with E-state index in [1.165, 1.54) is 72.6 Å². The Hall–Kier alpha value is -4.43. The zero-order chi connectivity index (χ0) is 42.4. The second kappa shape index (κ2) is 25.9. The maximum atomic E-state index is 12.1. The van der Waals surface area contributed by atoms with Gasteiger partial charge < -0.3 is 14.8 Å². The Balaban J connectivity index is 0.000000261. The molecule has 14 nitrogen and oxygen atoms in total. The van der Waals surface area contributed by atoms with Crippen molar-refractivity contribution in [2.24, 2.45) is 0 Å². The average molecular weight is 857 g/mol. The van der Waals surface area contributed by atoms with E-state index in [0.717, 1.165) is 62.0 Å². The van der Waals surface area contributed by atoms with Crippen LogP contribution in [0, 0.1) is 13.8 Å². The number of aromatic amines is 2. The molecule has 0 unspecified atom stereocenters. The van der Waals surface area contributed by atoms with E-state index in [1.54, 1.807) is 6.92 Å². The van der Waals surface area contributed by atoms with Gasteiger partial charge in [-0.05, 0) is 50.7 Å². The van der Waals surface area contributed by atoms with Crippen LogP contribution in [0.3, 0.4) is 0 Å². The zero-order valence-corrected chi connectivity index (χ0v) is 36.9. The van der Waals surface area contributed by atoms with Crippen LogP contribution in [0.2, 0.25) is 10.0 Å². The third-order valence-corrected chi connectivity index (χ3v) is 10.9. The van der Waals surface area contributed by atoms with E-state index in [1.807, 2.05) is 26.0 Å². The van der Waals surface area contributed by atoms with Crippen LogP contribution in [0.4, 0.5) is 0 Å². The molecule has 324 valence electrons. The fourth-order valence-electron chi connectivity index (χ4n) is 6.50. The van der Waals surface area contributed by atoms with E-state index in [9.17, 15) is 14.4 Å². The highest BCUT2D eigenvalue weighted by Crippen LogP contribution is 2.21. The first-order chi connectivity index (χ1) is 28.5. The standard InChI is InChI=1S/C23H31ClN4O2.C20H32ClN5O3/c1-3-4-5-6-7-8-9-18-10-12-19(13-11-18)16-30-21(29)15-14-20-25-23-22(24)17(2)26-28(23)27-20;1-15-19(21)20-23-17(25-26(20)24-15)11-12-18(28)29-14-10-8-6-4-3-5-7-9-13-22-16(2)27/h10-13,26H,3-9,14-16H2,1-2H3;24H,3-14H2,1-2H3,(H,22,27). The largest absolute Gasteiger partial charge is 0.466 e. The van der Waals surface area contributed by atoms with Crippen molar-refractivity contribution in [1.29, 1.82) is 0 Å². The molecule has 16 heteroatoms. The second-order valence-corrected chi connectivity index (χ2v) is 15.9. The molecule has 0 fully saturated rings.